The van der Waals surface area contributed by atoms with Crippen LogP contribution in [0.1, 0.15) is 37.3 Å². The van der Waals surface area contributed by atoms with Gasteiger partial charge in [-0.25, -0.2) is 0 Å². The summed E-state index contributed by atoms with van der Waals surface area (Å²) in [6, 6.07) is 5.85. The predicted octanol–water partition coefficient (Wildman–Crippen LogP) is 3.41. The Kier molecular flexibility index (Phi) is 4.70. The molecule has 2 atom stereocenters. The van der Waals surface area contributed by atoms with Crippen molar-refractivity contribution in [2.24, 2.45) is 5.73 Å². The van der Waals surface area contributed by atoms with Crippen LogP contribution in [-0.2, 0) is 12.7 Å². The maximum atomic E-state index is 12.5. The van der Waals surface area contributed by atoms with Gasteiger partial charge in [-0.1, -0.05) is 18.6 Å². The van der Waals surface area contributed by atoms with E-state index in [0.717, 1.165) is 37.1 Å². The van der Waals surface area contributed by atoms with E-state index in [4.69, 9.17) is 5.73 Å². The molecule has 2 N–H and O–H groups in total. The van der Waals surface area contributed by atoms with Crippen molar-refractivity contribution in [3.05, 3.63) is 35.4 Å². The third-order valence-corrected chi connectivity index (χ3v) is 3.94. The maximum Gasteiger partial charge on any atom is 0.416 e. The molecule has 0 saturated carbocycles. The van der Waals surface area contributed by atoms with E-state index in [0.29, 0.717) is 12.6 Å². The molecule has 2 nitrogen and oxygen atoms in total. The summed E-state index contributed by atoms with van der Waals surface area (Å²) >= 11 is 0. The fourth-order valence-electron chi connectivity index (χ4n) is 2.84. The number of hydrogen-bond acceptors (Lipinski definition) is 2. The number of rotatable bonds is 3. The highest BCUT2D eigenvalue weighted by molar-refractivity contribution is 5.24. The minimum Gasteiger partial charge on any atom is -0.327 e. The summed E-state index contributed by atoms with van der Waals surface area (Å²) in [5.41, 5.74) is 6.32. The van der Waals surface area contributed by atoms with Gasteiger partial charge < -0.3 is 5.73 Å². The van der Waals surface area contributed by atoms with Gasteiger partial charge in [-0.15, -0.1) is 0 Å². The lowest BCUT2D eigenvalue weighted by atomic mass is 9.96. The van der Waals surface area contributed by atoms with E-state index in [1.54, 1.807) is 12.1 Å². The Labute approximate surface area is 117 Å². The SMILES string of the molecule is CC(N)C1CCCCN1Cc1ccc(C(F)(F)F)cc1. The molecule has 2 unspecified atom stereocenters. The number of halogens is 3. The molecule has 5 heteroatoms. The van der Waals surface area contributed by atoms with Gasteiger partial charge in [-0.05, 0) is 44.0 Å². The molecular formula is C15H21F3N2. The Balaban J connectivity index is 2.05. The van der Waals surface area contributed by atoms with Gasteiger partial charge in [0.05, 0.1) is 5.56 Å². The van der Waals surface area contributed by atoms with Gasteiger partial charge in [0.25, 0.3) is 0 Å². The maximum absolute atomic E-state index is 12.5. The summed E-state index contributed by atoms with van der Waals surface area (Å²) < 4.78 is 37.6. The Morgan fingerprint density at radius 3 is 2.45 bits per heavy atom. The van der Waals surface area contributed by atoms with Crippen LogP contribution in [0.4, 0.5) is 13.2 Å². The summed E-state index contributed by atoms with van der Waals surface area (Å²) in [4.78, 5) is 2.29. The summed E-state index contributed by atoms with van der Waals surface area (Å²) in [5.74, 6) is 0. The highest BCUT2D eigenvalue weighted by Crippen LogP contribution is 2.29. The molecule has 2 rings (SSSR count). The molecule has 0 aliphatic carbocycles. The molecule has 112 valence electrons. The van der Waals surface area contributed by atoms with Crippen molar-refractivity contribution < 1.29 is 13.2 Å². The second kappa shape index (κ2) is 6.14. The minimum atomic E-state index is -4.27. The first kappa shape index (κ1) is 15.3. The van der Waals surface area contributed by atoms with Crippen LogP contribution in [0.25, 0.3) is 0 Å². The van der Waals surface area contributed by atoms with E-state index in [-0.39, 0.29) is 6.04 Å². The normalized spacial score (nSPS) is 22.8. The van der Waals surface area contributed by atoms with E-state index in [2.05, 4.69) is 4.90 Å². The van der Waals surface area contributed by atoms with E-state index in [9.17, 15) is 13.2 Å². The smallest absolute Gasteiger partial charge is 0.327 e. The summed E-state index contributed by atoms with van der Waals surface area (Å²) in [6.45, 7) is 3.63. The van der Waals surface area contributed by atoms with Crippen LogP contribution in [0.3, 0.4) is 0 Å². The van der Waals surface area contributed by atoms with E-state index >= 15 is 0 Å². The Bertz CT molecular complexity index is 426. The molecule has 1 aromatic carbocycles. The molecule has 0 aromatic heterocycles. The first-order valence-corrected chi connectivity index (χ1v) is 7.03. The third kappa shape index (κ3) is 3.73. The van der Waals surface area contributed by atoms with Crippen molar-refractivity contribution in [1.82, 2.24) is 4.90 Å². The molecule has 0 radical (unpaired) electrons. The van der Waals surface area contributed by atoms with Crippen molar-refractivity contribution in [2.45, 2.75) is 51.0 Å². The number of piperidine rings is 1. The van der Waals surface area contributed by atoms with Crippen LogP contribution in [0.5, 0.6) is 0 Å². The van der Waals surface area contributed by atoms with Crippen LogP contribution >= 0.6 is 0 Å². The average molecular weight is 286 g/mol. The van der Waals surface area contributed by atoms with Crippen LogP contribution in [0.15, 0.2) is 24.3 Å². The topological polar surface area (TPSA) is 29.3 Å². The number of hydrogen-bond donors (Lipinski definition) is 1. The minimum absolute atomic E-state index is 0.0877. The zero-order valence-corrected chi connectivity index (χ0v) is 11.7. The summed E-state index contributed by atoms with van der Waals surface area (Å²) in [5, 5.41) is 0. The second-order valence-electron chi connectivity index (χ2n) is 5.59. The van der Waals surface area contributed by atoms with Gasteiger partial charge in [-0.2, -0.15) is 13.2 Å². The first-order chi connectivity index (χ1) is 9.38. The monoisotopic (exact) mass is 286 g/mol. The zero-order chi connectivity index (χ0) is 14.8. The van der Waals surface area contributed by atoms with Crippen molar-refractivity contribution >= 4 is 0 Å². The van der Waals surface area contributed by atoms with Crippen LogP contribution < -0.4 is 5.73 Å². The number of likely N-dealkylation sites (tertiary alicyclic amines) is 1. The molecule has 1 heterocycles. The lowest BCUT2D eigenvalue weighted by molar-refractivity contribution is -0.137. The van der Waals surface area contributed by atoms with Crippen molar-refractivity contribution in [3.8, 4) is 0 Å². The van der Waals surface area contributed by atoms with Crippen molar-refractivity contribution in [3.63, 3.8) is 0 Å². The molecule has 1 aliphatic rings. The third-order valence-electron chi connectivity index (χ3n) is 3.94. The lowest BCUT2D eigenvalue weighted by Gasteiger charge is -2.38. The Hall–Kier alpha value is -1.07. The van der Waals surface area contributed by atoms with Crippen molar-refractivity contribution in [1.29, 1.82) is 0 Å². The number of alkyl halides is 3. The van der Waals surface area contributed by atoms with Gasteiger partial charge in [0.15, 0.2) is 0 Å². The van der Waals surface area contributed by atoms with E-state index in [1.807, 2.05) is 6.92 Å². The molecule has 0 spiro atoms. The van der Waals surface area contributed by atoms with E-state index in [1.165, 1.54) is 6.42 Å². The van der Waals surface area contributed by atoms with Gasteiger partial charge in [0.1, 0.15) is 0 Å². The molecule has 1 aromatic rings. The number of benzene rings is 1. The Morgan fingerprint density at radius 1 is 1.25 bits per heavy atom. The highest BCUT2D eigenvalue weighted by atomic mass is 19.4. The molecule has 0 bridgehead atoms. The number of nitrogens with two attached hydrogens (primary N) is 1. The summed E-state index contributed by atoms with van der Waals surface area (Å²) in [7, 11) is 0. The van der Waals surface area contributed by atoms with Gasteiger partial charge in [-0.3, -0.25) is 4.90 Å². The first-order valence-electron chi connectivity index (χ1n) is 7.03. The molecular weight excluding hydrogens is 265 g/mol. The number of nitrogens with zero attached hydrogens (tertiary/aromatic N) is 1. The van der Waals surface area contributed by atoms with Crippen LogP contribution in [0.2, 0.25) is 0 Å². The fourth-order valence-corrected chi connectivity index (χ4v) is 2.84. The zero-order valence-electron chi connectivity index (χ0n) is 11.7. The standard InChI is InChI=1S/C15H21F3N2/c1-11(19)14-4-2-3-9-20(14)10-12-5-7-13(8-6-12)15(16,17)18/h5-8,11,14H,2-4,9-10,19H2,1H3. The summed E-state index contributed by atoms with van der Waals surface area (Å²) in [6.07, 6.45) is -0.893. The molecule has 20 heavy (non-hydrogen) atoms. The van der Waals surface area contributed by atoms with Crippen LogP contribution in [-0.4, -0.2) is 23.5 Å². The fraction of sp³-hybridized carbons (Fsp3) is 0.600. The second-order valence-corrected chi connectivity index (χ2v) is 5.59. The quantitative estimate of drug-likeness (QED) is 0.922. The molecule has 1 saturated heterocycles. The molecule has 1 aliphatic heterocycles. The van der Waals surface area contributed by atoms with E-state index < -0.39 is 11.7 Å². The average Bonchev–Trinajstić information content (AvgIpc) is 2.38. The van der Waals surface area contributed by atoms with Gasteiger partial charge >= 0.3 is 6.18 Å². The van der Waals surface area contributed by atoms with Crippen molar-refractivity contribution in [2.75, 3.05) is 6.54 Å². The Morgan fingerprint density at radius 2 is 1.90 bits per heavy atom. The highest BCUT2D eigenvalue weighted by Gasteiger charge is 2.30. The molecule has 1 fully saturated rings. The lowest BCUT2D eigenvalue weighted by Crippen LogP contribution is -2.48. The predicted molar refractivity (Wildman–Crippen MR) is 73.1 cm³/mol. The molecule has 0 amide bonds. The van der Waals surface area contributed by atoms with Crippen LogP contribution in [0, 0.1) is 0 Å². The van der Waals surface area contributed by atoms with Gasteiger partial charge in [0, 0.05) is 18.6 Å². The van der Waals surface area contributed by atoms with Gasteiger partial charge in [0.2, 0.25) is 0 Å². The largest absolute Gasteiger partial charge is 0.416 e.